The number of fused-ring (bicyclic) bond motifs is 2. The lowest BCUT2D eigenvalue weighted by Gasteiger charge is -2.39. The van der Waals surface area contributed by atoms with Crippen LogP contribution in [0.3, 0.4) is 0 Å². The van der Waals surface area contributed by atoms with Gasteiger partial charge < -0.3 is 15.2 Å². The topological polar surface area (TPSA) is 54.4 Å². The number of aromatic nitrogens is 1. The number of benzene rings is 2. The molecule has 4 nitrogen and oxygen atoms in total. The maximum Gasteiger partial charge on any atom is 0.420 e. The van der Waals surface area contributed by atoms with E-state index in [-0.39, 0.29) is 0 Å². The van der Waals surface area contributed by atoms with Crippen LogP contribution in [0.15, 0.2) is 48.5 Å². The molecule has 0 saturated heterocycles. The highest BCUT2D eigenvalue weighted by atomic mass is 32.2. The summed E-state index contributed by atoms with van der Waals surface area (Å²) in [6.07, 6.45) is -4.22. The van der Waals surface area contributed by atoms with Gasteiger partial charge >= 0.3 is 6.18 Å². The number of thioether (sulfide) groups is 1. The number of alkyl halides is 3. The molecule has 0 saturated carbocycles. The molecule has 4 rings (SSSR count). The molecule has 8 heteroatoms. The Morgan fingerprint density at radius 2 is 2.00 bits per heavy atom. The third-order valence-electron chi connectivity index (χ3n) is 5.71. The molecule has 32 heavy (non-hydrogen) atoms. The Balaban J connectivity index is 1.84. The number of pyridine rings is 1. The highest BCUT2D eigenvalue weighted by Crippen LogP contribution is 2.45. The van der Waals surface area contributed by atoms with E-state index < -0.39 is 23.6 Å². The minimum atomic E-state index is -4.85. The van der Waals surface area contributed by atoms with E-state index in [1.807, 2.05) is 25.1 Å². The lowest BCUT2D eigenvalue weighted by molar-refractivity contribution is -0.256. The second-order valence-corrected chi connectivity index (χ2v) is 9.20. The summed E-state index contributed by atoms with van der Waals surface area (Å²) in [5, 5.41) is 14.9. The van der Waals surface area contributed by atoms with Crippen LogP contribution >= 0.6 is 11.8 Å². The van der Waals surface area contributed by atoms with Crippen LogP contribution in [-0.2, 0) is 6.42 Å². The van der Waals surface area contributed by atoms with Gasteiger partial charge in [0.2, 0.25) is 0 Å². The zero-order valence-electron chi connectivity index (χ0n) is 17.9. The fourth-order valence-corrected chi connectivity index (χ4v) is 4.83. The predicted octanol–water partition coefficient (Wildman–Crippen LogP) is 5.68. The van der Waals surface area contributed by atoms with Crippen molar-refractivity contribution in [3.8, 4) is 5.75 Å². The van der Waals surface area contributed by atoms with Crippen molar-refractivity contribution < 1.29 is 23.0 Å². The van der Waals surface area contributed by atoms with Crippen LogP contribution in [-0.4, -0.2) is 40.0 Å². The molecule has 0 bridgehead atoms. The SMILES string of the molecule is CCSCC(O)(C(Nc1cccc2nc(C)ccc12)c1ccc2c(c1)CCO2)C(F)(F)F. The molecule has 0 fully saturated rings. The Bertz CT molecular complexity index is 1120. The van der Waals surface area contributed by atoms with Gasteiger partial charge in [0.15, 0.2) is 5.60 Å². The minimum absolute atomic E-state index is 0.364. The Morgan fingerprint density at radius 3 is 2.75 bits per heavy atom. The summed E-state index contributed by atoms with van der Waals surface area (Å²) in [6, 6.07) is 12.5. The van der Waals surface area contributed by atoms with Crippen molar-refractivity contribution in [2.75, 3.05) is 23.4 Å². The molecular weight excluding hydrogens is 437 g/mol. The fourth-order valence-electron chi connectivity index (χ4n) is 3.99. The first-order chi connectivity index (χ1) is 15.2. The third kappa shape index (κ3) is 4.26. The average Bonchev–Trinajstić information content (AvgIpc) is 3.22. The summed E-state index contributed by atoms with van der Waals surface area (Å²) < 4.78 is 48.6. The summed E-state index contributed by atoms with van der Waals surface area (Å²) >= 11 is 1.06. The highest BCUT2D eigenvalue weighted by molar-refractivity contribution is 7.99. The monoisotopic (exact) mass is 462 g/mol. The summed E-state index contributed by atoms with van der Waals surface area (Å²) in [5.41, 5.74) is 0.202. The van der Waals surface area contributed by atoms with Crippen molar-refractivity contribution in [1.29, 1.82) is 0 Å². The highest BCUT2D eigenvalue weighted by Gasteiger charge is 2.59. The van der Waals surface area contributed by atoms with Crippen molar-refractivity contribution >= 4 is 28.4 Å². The van der Waals surface area contributed by atoms with Crippen molar-refractivity contribution in [3.05, 3.63) is 65.4 Å². The molecule has 170 valence electrons. The molecule has 2 heterocycles. The smallest absolute Gasteiger partial charge is 0.420 e. The van der Waals surface area contributed by atoms with Crippen LogP contribution in [0, 0.1) is 6.92 Å². The van der Waals surface area contributed by atoms with E-state index in [1.54, 1.807) is 37.3 Å². The van der Waals surface area contributed by atoms with Crippen LogP contribution in [0.4, 0.5) is 18.9 Å². The number of ether oxygens (including phenoxy) is 1. The molecule has 2 unspecified atom stereocenters. The van der Waals surface area contributed by atoms with Gasteiger partial charge in [-0.2, -0.15) is 24.9 Å². The van der Waals surface area contributed by atoms with E-state index >= 15 is 0 Å². The van der Waals surface area contributed by atoms with Crippen LogP contribution in [0.5, 0.6) is 5.75 Å². The Hall–Kier alpha value is -2.45. The van der Waals surface area contributed by atoms with E-state index in [4.69, 9.17) is 4.74 Å². The first-order valence-electron chi connectivity index (χ1n) is 10.5. The standard InChI is InChI=1S/C24H25F3N2O2S/c1-3-32-14-23(30,24(25,26)27)22(17-8-10-21-16(13-17)11-12-31-21)29-20-6-4-5-19-18(20)9-7-15(2)28-19/h4-10,13,22,29-30H,3,11-12,14H2,1-2H3. The quantitative estimate of drug-likeness (QED) is 0.473. The van der Waals surface area contributed by atoms with E-state index in [1.165, 1.54) is 0 Å². The molecule has 2 N–H and O–H groups in total. The number of aliphatic hydroxyl groups is 1. The van der Waals surface area contributed by atoms with Crippen molar-refractivity contribution in [2.45, 2.75) is 38.1 Å². The van der Waals surface area contributed by atoms with Gasteiger partial charge in [0.05, 0.1) is 18.2 Å². The van der Waals surface area contributed by atoms with E-state index in [2.05, 4.69) is 10.3 Å². The molecule has 0 aliphatic carbocycles. The number of halogens is 3. The number of hydrogen-bond acceptors (Lipinski definition) is 5. The summed E-state index contributed by atoms with van der Waals surface area (Å²) in [5.74, 6) is 0.650. The van der Waals surface area contributed by atoms with E-state index in [0.717, 1.165) is 23.0 Å². The number of nitrogens with zero attached hydrogens (tertiary/aromatic N) is 1. The number of anilines is 1. The number of hydrogen-bond donors (Lipinski definition) is 2. The number of rotatable bonds is 7. The van der Waals surface area contributed by atoms with E-state index in [0.29, 0.717) is 46.7 Å². The molecule has 1 aliphatic heterocycles. The van der Waals surface area contributed by atoms with Gasteiger partial charge in [0, 0.05) is 28.9 Å². The second-order valence-electron chi connectivity index (χ2n) is 7.93. The Morgan fingerprint density at radius 1 is 1.19 bits per heavy atom. The molecular formula is C24H25F3N2O2S. The second kappa shape index (κ2) is 8.83. The lowest BCUT2D eigenvalue weighted by Crippen LogP contribution is -2.54. The van der Waals surface area contributed by atoms with Crippen LogP contribution < -0.4 is 10.1 Å². The van der Waals surface area contributed by atoms with Gasteiger partial charge in [-0.05, 0) is 60.2 Å². The minimum Gasteiger partial charge on any atom is -0.493 e. The summed E-state index contributed by atoms with van der Waals surface area (Å²) in [4.78, 5) is 4.48. The predicted molar refractivity (Wildman–Crippen MR) is 122 cm³/mol. The molecule has 1 aromatic heterocycles. The fraction of sp³-hybridized carbons (Fsp3) is 0.375. The summed E-state index contributed by atoms with van der Waals surface area (Å²) in [6.45, 7) is 4.13. The van der Waals surface area contributed by atoms with Gasteiger partial charge in [-0.15, -0.1) is 0 Å². The van der Waals surface area contributed by atoms with Gasteiger partial charge in [-0.3, -0.25) is 4.98 Å². The average molecular weight is 463 g/mol. The largest absolute Gasteiger partial charge is 0.493 e. The van der Waals surface area contributed by atoms with Gasteiger partial charge in [0.25, 0.3) is 0 Å². The maximum absolute atomic E-state index is 14.4. The first kappa shape index (κ1) is 22.7. The Kier molecular flexibility index (Phi) is 6.27. The summed E-state index contributed by atoms with van der Waals surface area (Å²) in [7, 11) is 0. The van der Waals surface area contributed by atoms with Gasteiger partial charge in [-0.25, -0.2) is 0 Å². The number of nitrogens with one attached hydrogen (secondary N) is 1. The molecule has 0 radical (unpaired) electrons. The van der Waals surface area contributed by atoms with Crippen molar-refractivity contribution in [2.24, 2.45) is 0 Å². The van der Waals surface area contributed by atoms with Gasteiger partial charge in [-0.1, -0.05) is 19.1 Å². The van der Waals surface area contributed by atoms with Crippen LogP contribution in [0.25, 0.3) is 10.9 Å². The molecule has 2 aromatic carbocycles. The van der Waals surface area contributed by atoms with Crippen LogP contribution in [0.1, 0.15) is 29.8 Å². The molecule has 0 spiro atoms. The molecule has 2 atom stereocenters. The van der Waals surface area contributed by atoms with Crippen molar-refractivity contribution in [3.63, 3.8) is 0 Å². The molecule has 1 aliphatic rings. The van der Waals surface area contributed by atoms with Crippen LogP contribution in [0.2, 0.25) is 0 Å². The third-order valence-corrected chi connectivity index (χ3v) is 6.76. The normalized spacial score (nSPS) is 16.3. The maximum atomic E-state index is 14.4. The first-order valence-corrected chi connectivity index (χ1v) is 11.6. The van der Waals surface area contributed by atoms with E-state index in [9.17, 15) is 18.3 Å². The zero-order chi connectivity index (χ0) is 22.9. The Labute approximate surface area is 189 Å². The zero-order valence-corrected chi connectivity index (χ0v) is 18.7. The van der Waals surface area contributed by atoms with Crippen molar-refractivity contribution in [1.82, 2.24) is 4.98 Å². The molecule has 3 aromatic rings. The number of aryl methyl sites for hydroxylation is 1. The van der Waals surface area contributed by atoms with Gasteiger partial charge in [0.1, 0.15) is 5.75 Å². The molecule has 0 amide bonds. The lowest BCUT2D eigenvalue weighted by atomic mass is 9.87.